The third-order valence-electron chi connectivity index (χ3n) is 1.51. The van der Waals surface area contributed by atoms with E-state index in [0.29, 0.717) is 6.61 Å². The second-order valence-electron chi connectivity index (χ2n) is 2.20. The smallest absolute Gasteiger partial charge is 0.0820 e. The number of fused-ring (bicyclic) bond motifs is 1. The van der Waals surface area contributed by atoms with Crippen LogP contribution >= 0.6 is 0 Å². The van der Waals surface area contributed by atoms with Gasteiger partial charge in [0.15, 0.2) is 0 Å². The molecule has 0 radical (unpaired) electrons. The number of hydrogen-bond donors (Lipinski definition) is 1. The summed E-state index contributed by atoms with van der Waals surface area (Å²) in [5.41, 5.74) is 4.89. The van der Waals surface area contributed by atoms with Gasteiger partial charge in [-0.05, 0) is 12.1 Å². The standard InChI is InChI=1S/C7H8N2O/c1-2-7-6(8-4-1)3-5-10-9-7/h1-2,4,9H,3,5H2. The Morgan fingerprint density at radius 1 is 1.60 bits per heavy atom. The first-order valence-corrected chi connectivity index (χ1v) is 3.28. The van der Waals surface area contributed by atoms with Gasteiger partial charge in [0, 0.05) is 12.6 Å². The molecule has 1 N–H and O–H groups in total. The highest BCUT2D eigenvalue weighted by Gasteiger charge is 2.07. The molecule has 0 fully saturated rings. The summed E-state index contributed by atoms with van der Waals surface area (Å²) in [5, 5.41) is 0. The molecular weight excluding hydrogens is 128 g/mol. The fraction of sp³-hybridized carbons (Fsp3) is 0.286. The lowest BCUT2D eigenvalue weighted by atomic mass is 10.2. The second-order valence-corrected chi connectivity index (χ2v) is 2.20. The minimum atomic E-state index is 0.712. The van der Waals surface area contributed by atoms with Crippen molar-refractivity contribution >= 4 is 5.69 Å². The molecule has 2 heterocycles. The maximum absolute atomic E-state index is 5.01. The van der Waals surface area contributed by atoms with Crippen molar-refractivity contribution in [2.24, 2.45) is 0 Å². The van der Waals surface area contributed by atoms with E-state index in [9.17, 15) is 0 Å². The highest BCUT2D eigenvalue weighted by molar-refractivity contribution is 5.46. The Bertz CT molecular complexity index is 212. The number of anilines is 1. The Balaban J connectivity index is 2.41. The van der Waals surface area contributed by atoms with Crippen LogP contribution in [0.1, 0.15) is 5.69 Å². The largest absolute Gasteiger partial charge is 0.276 e. The molecule has 3 nitrogen and oxygen atoms in total. The molecule has 0 aromatic carbocycles. The zero-order valence-electron chi connectivity index (χ0n) is 5.50. The van der Waals surface area contributed by atoms with E-state index in [2.05, 4.69) is 10.5 Å². The molecular formula is C7H8N2O. The number of aromatic nitrogens is 1. The lowest BCUT2D eigenvalue weighted by Gasteiger charge is -2.15. The molecule has 0 bridgehead atoms. The van der Waals surface area contributed by atoms with Crippen molar-refractivity contribution in [3.05, 3.63) is 24.0 Å². The van der Waals surface area contributed by atoms with Crippen molar-refractivity contribution in [3.63, 3.8) is 0 Å². The Morgan fingerprint density at radius 2 is 2.60 bits per heavy atom. The number of pyridine rings is 1. The zero-order chi connectivity index (χ0) is 6.81. The van der Waals surface area contributed by atoms with Gasteiger partial charge in [-0.15, -0.1) is 0 Å². The lowest BCUT2D eigenvalue weighted by molar-refractivity contribution is 0.185. The van der Waals surface area contributed by atoms with Crippen LogP contribution in [0.5, 0.6) is 0 Å². The molecule has 0 saturated heterocycles. The van der Waals surface area contributed by atoms with E-state index in [0.717, 1.165) is 17.8 Å². The number of hydrogen-bond acceptors (Lipinski definition) is 3. The average Bonchev–Trinajstić information content (AvgIpc) is 2.05. The van der Waals surface area contributed by atoms with E-state index in [1.165, 1.54) is 0 Å². The summed E-state index contributed by atoms with van der Waals surface area (Å²) in [6.45, 7) is 0.712. The van der Waals surface area contributed by atoms with Gasteiger partial charge in [0.25, 0.3) is 0 Å². The van der Waals surface area contributed by atoms with Crippen molar-refractivity contribution in [1.82, 2.24) is 4.98 Å². The third kappa shape index (κ3) is 0.844. The molecule has 0 saturated carbocycles. The Morgan fingerprint density at radius 3 is 3.50 bits per heavy atom. The highest BCUT2D eigenvalue weighted by Crippen LogP contribution is 2.15. The molecule has 1 aliphatic heterocycles. The van der Waals surface area contributed by atoms with E-state index in [1.54, 1.807) is 6.20 Å². The van der Waals surface area contributed by atoms with Gasteiger partial charge >= 0.3 is 0 Å². The topological polar surface area (TPSA) is 34.2 Å². The van der Waals surface area contributed by atoms with Gasteiger partial charge in [-0.2, -0.15) is 0 Å². The SMILES string of the molecule is c1cnc2c(c1)NOCC2. The van der Waals surface area contributed by atoms with E-state index in [4.69, 9.17) is 4.84 Å². The van der Waals surface area contributed by atoms with Crippen molar-refractivity contribution in [2.75, 3.05) is 12.1 Å². The molecule has 0 amide bonds. The van der Waals surface area contributed by atoms with Crippen molar-refractivity contribution in [2.45, 2.75) is 6.42 Å². The van der Waals surface area contributed by atoms with Crippen LogP contribution in [0, 0.1) is 0 Å². The Kier molecular flexibility index (Phi) is 1.29. The third-order valence-corrected chi connectivity index (χ3v) is 1.51. The molecule has 52 valence electrons. The lowest BCUT2D eigenvalue weighted by Crippen LogP contribution is -2.14. The molecule has 2 rings (SSSR count). The van der Waals surface area contributed by atoms with E-state index in [-0.39, 0.29) is 0 Å². The van der Waals surface area contributed by atoms with Crippen LogP contribution in [0.25, 0.3) is 0 Å². The minimum absolute atomic E-state index is 0.712. The normalized spacial score (nSPS) is 15.6. The van der Waals surface area contributed by atoms with Crippen LogP contribution in [0.2, 0.25) is 0 Å². The zero-order valence-corrected chi connectivity index (χ0v) is 5.50. The number of nitrogens with zero attached hydrogens (tertiary/aromatic N) is 1. The molecule has 0 unspecified atom stereocenters. The van der Waals surface area contributed by atoms with E-state index >= 15 is 0 Å². The summed E-state index contributed by atoms with van der Waals surface area (Å²) >= 11 is 0. The second kappa shape index (κ2) is 2.27. The first kappa shape index (κ1) is 5.68. The summed E-state index contributed by atoms with van der Waals surface area (Å²) in [5.74, 6) is 0. The Hall–Kier alpha value is -1.09. The summed E-state index contributed by atoms with van der Waals surface area (Å²) in [4.78, 5) is 9.18. The first-order chi connectivity index (χ1) is 4.97. The number of rotatable bonds is 0. The summed E-state index contributed by atoms with van der Waals surface area (Å²) in [7, 11) is 0. The Labute approximate surface area is 59.0 Å². The maximum atomic E-state index is 5.01. The van der Waals surface area contributed by atoms with Crippen LogP contribution < -0.4 is 5.48 Å². The van der Waals surface area contributed by atoms with Crippen LogP contribution in [0.3, 0.4) is 0 Å². The van der Waals surface area contributed by atoms with Crippen LogP contribution in [-0.2, 0) is 11.3 Å². The van der Waals surface area contributed by atoms with Gasteiger partial charge in [-0.25, -0.2) is 0 Å². The van der Waals surface area contributed by atoms with Gasteiger partial charge in [0.1, 0.15) is 0 Å². The minimum Gasteiger partial charge on any atom is -0.276 e. The van der Waals surface area contributed by atoms with E-state index in [1.807, 2.05) is 12.1 Å². The summed E-state index contributed by atoms with van der Waals surface area (Å²) in [6, 6.07) is 3.85. The van der Waals surface area contributed by atoms with Gasteiger partial charge in [0.05, 0.1) is 18.0 Å². The predicted octanol–water partition coefficient (Wildman–Crippen LogP) is 0.981. The molecule has 1 aromatic heterocycles. The average molecular weight is 136 g/mol. The highest BCUT2D eigenvalue weighted by atomic mass is 16.6. The first-order valence-electron chi connectivity index (χ1n) is 3.28. The maximum Gasteiger partial charge on any atom is 0.0820 e. The summed E-state index contributed by atoms with van der Waals surface area (Å²) in [6.07, 6.45) is 2.70. The van der Waals surface area contributed by atoms with Crippen molar-refractivity contribution in [1.29, 1.82) is 0 Å². The monoisotopic (exact) mass is 136 g/mol. The van der Waals surface area contributed by atoms with Crippen LogP contribution in [-0.4, -0.2) is 11.6 Å². The van der Waals surface area contributed by atoms with Gasteiger partial charge in [-0.1, -0.05) is 0 Å². The molecule has 0 aliphatic carbocycles. The number of nitrogens with one attached hydrogen (secondary N) is 1. The van der Waals surface area contributed by atoms with Gasteiger partial charge in [0.2, 0.25) is 0 Å². The molecule has 0 atom stereocenters. The quantitative estimate of drug-likeness (QED) is 0.577. The van der Waals surface area contributed by atoms with Crippen molar-refractivity contribution < 1.29 is 4.84 Å². The van der Waals surface area contributed by atoms with Crippen LogP contribution in [0.4, 0.5) is 5.69 Å². The molecule has 1 aromatic rings. The summed E-state index contributed by atoms with van der Waals surface area (Å²) < 4.78 is 0. The fourth-order valence-electron chi connectivity index (χ4n) is 1.01. The predicted molar refractivity (Wildman–Crippen MR) is 37.5 cm³/mol. The molecule has 10 heavy (non-hydrogen) atoms. The van der Waals surface area contributed by atoms with E-state index < -0.39 is 0 Å². The van der Waals surface area contributed by atoms with Gasteiger partial charge in [-0.3, -0.25) is 15.3 Å². The van der Waals surface area contributed by atoms with Crippen LogP contribution in [0.15, 0.2) is 18.3 Å². The van der Waals surface area contributed by atoms with Gasteiger partial charge < -0.3 is 0 Å². The molecule has 1 aliphatic rings. The fourth-order valence-corrected chi connectivity index (χ4v) is 1.01. The van der Waals surface area contributed by atoms with Crippen molar-refractivity contribution in [3.8, 4) is 0 Å². The molecule has 0 spiro atoms. The molecule has 3 heteroatoms.